The number of hydrogen-bond donors (Lipinski definition) is 0. The number of nitrogens with zero attached hydrogens (tertiary/aromatic N) is 1. The zero-order valence-corrected chi connectivity index (χ0v) is 7.68. The van der Waals surface area contributed by atoms with Gasteiger partial charge < -0.3 is 3.07 Å². The van der Waals surface area contributed by atoms with Crippen LogP contribution in [0.3, 0.4) is 0 Å². The second-order valence-corrected chi connectivity index (χ2v) is 3.09. The first-order valence-corrected chi connectivity index (χ1v) is 4.31. The van der Waals surface area contributed by atoms with E-state index in [0.29, 0.717) is 0 Å². The fraction of sp³-hybridized carbons (Fsp3) is 0.400. The fourth-order valence-electron chi connectivity index (χ4n) is 0.502. The van der Waals surface area contributed by atoms with Crippen molar-refractivity contribution in [1.29, 1.82) is 0 Å². The average Bonchev–Trinajstić information content (AvgIpc) is 2.34. The molecule has 0 fully saturated rings. The molecule has 0 aliphatic rings. The molecule has 0 atom stereocenters. The Morgan fingerprint density at radius 1 is 1.78 bits per heavy atom. The zero-order chi connectivity index (χ0) is 6.53. The van der Waals surface area contributed by atoms with Crippen molar-refractivity contribution in [2.45, 2.75) is 6.42 Å². The molecule has 1 aromatic heterocycles. The zero-order valence-electron chi connectivity index (χ0n) is 4.71. The van der Waals surface area contributed by atoms with Gasteiger partial charge in [0.2, 0.25) is 0 Å². The van der Waals surface area contributed by atoms with Gasteiger partial charge in [0.25, 0.3) is 0 Å². The van der Waals surface area contributed by atoms with Crippen molar-refractivity contribution in [3.05, 3.63) is 16.6 Å². The molecule has 4 heteroatoms. The molecular formula is C5H6INOS. The van der Waals surface area contributed by atoms with Crippen LogP contribution >= 0.6 is 34.3 Å². The van der Waals surface area contributed by atoms with Gasteiger partial charge in [-0.25, -0.2) is 4.98 Å². The van der Waals surface area contributed by atoms with Crippen LogP contribution < -0.4 is 0 Å². The van der Waals surface area contributed by atoms with Gasteiger partial charge in [0, 0.05) is 18.0 Å². The molecule has 0 unspecified atom stereocenters. The molecule has 0 aromatic carbocycles. The monoisotopic (exact) mass is 255 g/mol. The first kappa shape index (κ1) is 7.43. The van der Waals surface area contributed by atoms with Gasteiger partial charge in [-0.2, -0.15) is 0 Å². The quantitative estimate of drug-likeness (QED) is 0.771. The number of halogens is 1. The summed E-state index contributed by atoms with van der Waals surface area (Å²) in [5, 5.41) is 3.12. The number of aromatic nitrogens is 1. The van der Waals surface area contributed by atoms with Crippen LogP contribution in [0, 0.1) is 0 Å². The molecule has 2 nitrogen and oxygen atoms in total. The maximum Gasteiger partial charge on any atom is 0.109 e. The van der Waals surface area contributed by atoms with Gasteiger partial charge in [0.1, 0.15) is 23.0 Å². The Morgan fingerprint density at radius 3 is 3.22 bits per heavy atom. The Balaban J connectivity index is 2.30. The topological polar surface area (TPSA) is 22.1 Å². The van der Waals surface area contributed by atoms with E-state index in [-0.39, 0.29) is 0 Å². The van der Waals surface area contributed by atoms with E-state index in [4.69, 9.17) is 3.07 Å². The highest BCUT2D eigenvalue weighted by atomic mass is 127. The lowest BCUT2D eigenvalue weighted by Gasteiger charge is -1.89. The first-order chi connectivity index (χ1) is 4.43. The van der Waals surface area contributed by atoms with Crippen LogP contribution in [0.25, 0.3) is 0 Å². The predicted molar refractivity (Wildman–Crippen MR) is 45.8 cm³/mol. The minimum absolute atomic E-state index is 0.758. The molecule has 1 aromatic rings. The van der Waals surface area contributed by atoms with E-state index < -0.39 is 0 Å². The highest BCUT2D eigenvalue weighted by molar-refractivity contribution is 14.1. The maximum atomic E-state index is 4.85. The van der Waals surface area contributed by atoms with Gasteiger partial charge in [0.15, 0.2) is 0 Å². The van der Waals surface area contributed by atoms with E-state index in [1.807, 2.05) is 34.6 Å². The molecule has 0 aliphatic heterocycles. The lowest BCUT2D eigenvalue weighted by atomic mass is 10.5. The molecule has 1 heterocycles. The van der Waals surface area contributed by atoms with Gasteiger partial charge in [0.05, 0.1) is 11.6 Å². The Hall–Kier alpha value is 0.320. The molecule has 50 valence electrons. The average molecular weight is 255 g/mol. The second kappa shape index (κ2) is 4.19. The number of thiazole rings is 1. The van der Waals surface area contributed by atoms with Gasteiger partial charge >= 0.3 is 0 Å². The van der Waals surface area contributed by atoms with E-state index >= 15 is 0 Å². The number of rotatable bonds is 3. The van der Waals surface area contributed by atoms with Crippen LogP contribution in [0.15, 0.2) is 11.6 Å². The molecule has 0 saturated carbocycles. The molecule has 0 bridgehead atoms. The molecule has 9 heavy (non-hydrogen) atoms. The Kier molecular flexibility index (Phi) is 3.45. The van der Waals surface area contributed by atoms with Crippen molar-refractivity contribution in [3.63, 3.8) is 0 Å². The van der Waals surface area contributed by atoms with Gasteiger partial charge in [-0.15, -0.1) is 11.3 Å². The Morgan fingerprint density at radius 2 is 2.67 bits per heavy atom. The highest BCUT2D eigenvalue weighted by Crippen LogP contribution is 2.04. The molecule has 0 saturated heterocycles. The summed E-state index contributed by atoms with van der Waals surface area (Å²) in [6, 6.07) is 0. The highest BCUT2D eigenvalue weighted by Gasteiger charge is 1.92. The standard InChI is InChI=1S/C5H6INOS/c6-8-3-1-5-7-2-4-9-5/h2,4H,1,3H2. The third kappa shape index (κ3) is 2.59. The largest absolute Gasteiger partial charge is 0.315 e. The summed E-state index contributed by atoms with van der Waals surface area (Å²) in [5.74, 6) is 0. The van der Waals surface area contributed by atoms with Crippen molar-refractivity contribution >= 4 is 34.3 Å². The first-order valence-electron chi connectivity index (χ1n) is 2.55. The summed E-state index contributed by atoms with van der Waals surface area (Å²) >= 11 is 3.56. The van der Waals surface area contributed by atoms with Crippen LogP contribution in [-0.4, -0.2) is 11.6 Å². The molecule has 0 radical (unpaired) electrons. The van der Waals surface area contributed by atoms with E-state index in [0.717, 1.165) is 18.0 Å². The smallest absolute Gasteiger partial charge is 0.109 e. The summed E-state index contributed by atoms with van der Waals surface area (Å²) < 4.78 is 4.85. The molecule has 1 rings (SSSR count). The van der Waals surface area contributed by atoms with Crippen molar-refractivity contribution < 1.29 is 3.07 Å². The molecular weight excluding hydrogens is 249 g/mol. The summed E-state index contributed by atoms with van der Waals surface area (Å²) in [7, 11) is 0. The van der Waals surface area contributed by atoms with Gasteiger partial charge in [-0.3, -0.25) is 0 Å². The van der Waals surface area contributed by atoms with Crippen molar-refractivity contribution in [3.8, 4) is 0 Å². The lowest BCUT2D eigenvalue weighted by Crippen LogP contribution is -1.88. The predicted octanol–water partition coefficient (Wildman–Crippen LogP) is 2.05. The van der Waals surface area contributed by atoms with Crippen LogP contribution in [0.5, 0.6) is 0 Å². The van der Waals surface area contributed by atoms with Gasteiger partial charge in [-0.1, -0.05) is 0 Å². The van der Waals surface area contributed by atoms with E-state index in [9.17, 15) is 0 Å². The number of hydrogen-bond acceptors (Lipinski definition) is 3. The summed E-state index contributed by atoms with van der Waals surface area (Å²) in [5.41, 5.74) is 0. The van der Waals surface area contributed by atoms with Crippen LogP contribution in [0.4, 0.5) is 0 Å². The normalized spacial score (nSPS) is 9.89. The maximum absolute atomic E-state index is 4.85. The van der Waals surface area contributed by atoms with Crippen LogP contribution in [-0.2, 0) is 9.49 Å². The van der Waals surface area contributed by atoms with E-state index in [2.05, 4.69) is 4.98 Å². The summed E-state index contributed by atoms with van der Waals surface area (Å²) in [6.07, 6.45) is 2.74. The molecule has 0 spiro atoms. The van der Waals surface area contributed by atoms with Crippen LogP contribution in [0.2, 0.25) is 0 Å². The SMILES string of the molecule is IOCCc1nccs1. The van der Waals surface area contributed by atoms with Crippen LogP contribution in [0.1, 0.15) is 5.01 Å². The summed E-state index contributed by atoms with van der Waals surface area (Å²) in [4.78, 5) is 4.09. The lowest BCUT2D eigenvalue weighted by molar-refractivity contribution is 0.431. The van der Waals surface area contributed by atoms with Crippen molar-refractivity contribution in [1.82, 2.24) is 4.98 Å². The van der Waals surface area contributed by atoms with Gasteiger partial charge in [-0.05, 0) is 0 Å². The fourth-order valence-corrected chi connectivity index (χ4v) is 1.32. The van der Waals surface area contributed by atoms with Crippen molar-refractivity contribution in [2.24, 2.45) is 0 Å². The molecule has 0 N–H and O–H groups in total. The Bertz CT molecular complexity index is 154. The third-order valence-electron chi connectivity index (χ3n) is 0.877. The molecule has 0 amide bonds. The second-order valence-electron chi connectivity index (χ2n) is 1.49. The van der Waals surface area contributed by atoms with E-state index in [1.54, 1.807) is 11.3 Å². The third-order valence-corrected chi connectivity index (χ3v) is 2.16. The van der Waals surface area contributed by atoms with E-state index in [1.165, 1.54) is 0 Å². The Labute approximate surface area is 71.9 Å². The minimum atomic E-state index is 0.758. The molecule has 0 aliphatic carbocycles. The minimum Gasteiger partial charge on any atom is -0.315 e. The van der Waals surface area contributed by atoms with Crippen molar-refractivity contribution in [2.75, 3.05) is 6.61 Å². The summed E-state index contributed by atoms with van der Waals surface area (Å²) in [6.45, 7) is 0.758.